The first-order valence-corrected chi connectivity index (χ1v) is 11.5. The van der Waals surface area contributed by atoms with E-state index in [1.807, 2.05) is 24.3 Å². The van der Waals surface area contributed by atoms with Crippen LogP contribution in [0.1, 0.15) is 53.8 Å². The normalized spacial score (nSPS) is 12.7. The molecular weight excluding hydrogens is 488 g/mol. The van der Waals surface area contributed by atoms with E-state index in [1.54, 1.807) is 25.3 Å². The van der Waals surface area contributed by atoms with Crippen LogP contribution in [-0.4, -0.2) is 38.2 Å². The Morgan fingerprint density at radius 1 is 1.09 bits per heavy atom. The molecule has 2 atom stereocenters. The minimum Gasteiger partial charge on any atom is -0.548 e. The van der Waals surface area contributed by atoms with E-state index in [1.165, 1.54) is 12.1 Å². The number of halogens is 2. The van der Waals surface area contributed by atoms with E-state index in [0.717, 1.165) is 24.0 Å². The van der Waals surface area contributed by atoms with Gasteiger partial charge in [-0.1, -0.05) is 72.6 Å². The van der Waals surface area contributed by atoms with Crippen LogP contribution < -0.4 is 40.0 Å². The molecule has 9 heteroatoms. The molecule has 0 fully saturated rings. The van der Waals surface area contributed by atoms with Crippen molar-refractivity contribution in [2.75, 3.05) is 20.3 Å². The maximum Gasteiger partial charge on any atom is 1.00 e. The molecule has 0 aliphatic carbocycles. The third-order valence-electron chi connectivity index (χ3n) is 4.95. The van der Waals surface area contributed by atoms with Crippen LogP contribution in [0.15, 0.2) is 48.5 Å². The van der Waals surface area contributed by atoms with Gasteiger partial charge in [0.05, 0.1) is 33.7 Å². The van der Waals surface area contributed by atoms with Crippen molar-refractivity contribution >= 4 is 41.2 Å². The molecule has 0 aliphatic heterocycles. The zero-order chi connectivity index (χ0) is 24.2. The van der Waals surface area contributed by atoms with Gasteiger partial charge in [-0.25, -0.2) is 0 Å². The topological polar surface area (TPSA) is 87.7 Å². The summed E-state index contributed by atoms with van der Waals surface area (Å²) in [7, 11) is 1.67. The summed E-state index contributed by atoms with van der Waals surface area (Å²) in [4.78, 5) is 24.0. The average Bonchev–Trinajstić information content (AvgIpc) is 2.79. The number of nitrogens with one attached hydrogen (secondary N) is 1. The van der Waals surface area contributed by atoms with E-state index in [-0.39, 0.29) is 57.7 Å². The van der Waals surface area contributed by atoms with Crippen LogP contribution in [-0.2, 0) is 14.3 Å². The van der Waals surface area contributed by atoms with E-state index in [4.69, 9.17) is 32.7 Å². The van der Waals surface area contributed by atoms with Gasteiger partial charge in [0.1, 0.15) is 0 Å². The standard InChI is InChI=1S/C25H29Cl2NO5.Na/c1-3-22(33-16-6-15-32-2)18-13-11-17(12-14-18)7-4-10-21(25(30)31)28-24(29)23-19(26)8-5-9-20(23)27;/h4-5,7-9,11-14,21-22H,3,6,10,15-16H2,1-2H3,(H,28,29)(H,30,31);/q;+1/p-1/b7-4+;. The number of carboxylic acid groups (broad SMARTS) is 1. The summed E-state index contributed by atoms with van der Waals surface area (Å²) in [6.45, 7) is 3.36. The summed E-state index contributed by atoms with van der Waals surface area (Å²) in [6, 6.07) is 11.2. The Morgan fingerprint density at radius 3 is 2.29 bits per heavy atom. The van der Waals surface area contributed by atoms with Crippen LogP contribution in [0.3, 0.4) is 0 Å². The largest absolute Gasteiger partial charge is 1.00 e. The van der Waals surface area contributed by atoms with Crippen molar-refractivity contribution in [2.45, 2.75) is 38.3 Å². The third-order valence-corrected chi connectivity index (χ3v) is 5.58. The predicted molar refractivity (Wildman–Crippen MR) is 128 cm³/mol. The van der Waals surface area contributed by atoms with Gasteiger partial charge in [0.15, 0.2) is 0 Å². The van der Waals surface area contributed by atoms with E-state index >= 15 is 0 Å². The molecule has 0 aromatic heterocycles. The molecule has 2 rings (SSSR count). The molecule has 34 heavy (non-hydrogen) atoms. The second-order valence-electron chi connectivity index (χ2n) is 7.36. The molecule has 0 spiro atoms. The number of carbonyl (C=O) groups excluding carboxylic acids is 2. The van der Waals surface area contributed by atoms with Gasteiger partial charge >= 0.3 is 29.6 Å². The molecule has 178 valence electrons. The molecule has 0 aliphatic rings. The molecule has 0 bridgehead atoms. The van der Waals surface area contributed by atoms with Crippen molar-refractivity contribution in [1.29, 1.82) is 0 Å². The van der Waals surface area contributed by atoms with Gasteiger partial charge in [0.25, 0.3) is 5.91 Å². The van der Waals surface area contributed by atoms with E-state index in [0.29, 0.717) is 13.2 Å². The Balaban J connectivity index is 0.00000578. The second-order valence-corrected chi connectivity index (χ2v) is 8.17. The maximum absolute atomic E-state index is 12.5. The number of methoxy groups -OCH3 is 1. The number of hydrogen-bond acceptors (Lipinski definition) is 5. The van der Waals surface area contributed by atoms with Gasteiger partial charge in [-0.05, 0) is 42.5 Å². The molecule has 2 aromatic carbocycles. The van der Waals surface area contributed by atoms with Crippen molar-refractivity contribution < 1.29 is 53.7 Å². The van der Waals surface area contributed by atoms with Gasteiger partial charge in [-0.3, -0.25) is 4.79 Å². The van der Waals surface area contributed by atoms with Crippen LogP contribution >= 0.6 is 23.2 Å². The second kappa shape index (κ2) is 16.3. The number of rotatable bonds is 13. The average molecular weight is 516 g/mol. The van der Waals surface area contributed by atoms with Crippen molar-refractivity contribution in [3.8, 4) is 0 Å². The monoisotopic (exact) mass is 515 g/mol. The minimum atomic E-state index is -1.40. The quantitative estimate of drug-likeness (QED) is 0.322. The third kappa shape index (κ3) is 9.70. The molecule has 2 aromatic rings. The van der Waals surface area contributed by atoms with Gasteiger partial charge in [-0.2, -0.15) is 0 Å². The number of carboxylic acids is 1. The van der Waals surface area contributed by atoms with Crippen LogP contribution in [0.25, 0.3) is 6.08 Å². The fourth-order valence-electron chi connectivity index (χ4n) is 3.20. The van der Waals surface area contributed by atoms with Crippen molar-refractivity contribution in [1.82, 2.24) is 5.32 Å². The van der Waals surface area contributed by atoms with Crippen LogP contribution in [0.4, 0.5) is 0 Å². The Labute approximate surface area is 232 Å². The van der Waals surface area contributed by atoms with Crippen LogP contribution in [0.2, 0.25) is 10.0 Å². The first kappa shape index (κ1) is 30.7. The Bertz CT molecular complexity index is 933. The smallest absolute Gasteiger partial charge is 0.548 e. The molecule has 1 N–H and O–H groups in total. The molecule has 0 radical (unpaired) electrons. The summed E-state index contributed by atoms with van der Waals surface area (Å²) >= 11 is 12.0. The first-order chi connectivity index (χ1) is 15.9. The zero-order valence-corrected chi connectivity index (χ0v) is 23.2. The number of amides is 1. The number of ether oxygens (including phenoxy) is 2. The van der Waals surface area contributed by atoms with Crippen molar-refractivity contribution in [2.24, 2.45) is 0 Å². The van der Waals surface area contributed by atoms with Crippen LogP contribution in [0, 0.1) is 0 Å². The molecule has 0 saturated heterocycles. The molecule has 2 unspecified atom stereocenters. The van der Waals surface area contributed by atoms with Gasteiger partial charge in [0, 0.05) is 20.3 Å². The molecule has 0 saturated carbocycles. The maximum atomic E-state index is 12.5. The van der Waals surface area contributed by atoms with Crippen molar-refractivity contribution in [3.63, 3.8) is 0 Å². The fraction of sp³-hybridized carbons (Fsp3) is 0.360. The van der Waals surface area contributed by atoms with E-state index in [9.17, 15) is 14.7 Å². The summed E-state index contributed by atoms with van der Waals surface area (Å²) in [5.74, 6) is -2.07. The Hall–Kier alpha value is -1.38. The Kier molecular flexibility index (Phi) is 14.7. The molecule has 6 nitrogen and oxygen atoms in total. The van der Waals surface area contributed by atoms with Gasteiger partial charge < -0.3 is 24.7 Å². The Morgan fingerprint density at radius 2 is 1.74 bits per heavy atom. The number of aliphatic carboxylic acids is 1. The molecular formula is C25H28Cl2NNaO5. The van der Waals surface area contributed by atoms with Gasteiger partial charge in [0.2, 0.25) is 0 Å². The van der Waals surface area contributed by atoms with Gasteiger partial charge in [-0.15, -0.1) is 0 Å². The van der Waals surface area contributed by atoms with Crippen LogP contribution in [0.5, 0.6) is 0 Å². The number of benzene rings is 2. The van der Waals surface area contributed by atoms with E-state index in [2.05, 4.69) is 12.2 Å². The fourth-order valence-corrected chi connectivity index (χ4v) is 3.77. The number of carbonyl (C=O) groups is 2. The summed E-state index contributed by atoms with van der Waals surface area (Å²) in [6.07, 6.45) is 5.20. The predicted octanol–water partition coefficient (Wildman–Crippen LogP) is 1.45. The summed E-state index contributed by atoms with van der Waals surface area (Å²) < 4.78 is 11.0. The SMILES string of the molecule is CCC(OCCCOC)c1ccc(/C=C/CC(NC(=O)c2c(Cl)cccc2Cl)C(=O)[O-])cc1.[Na+]. The van der Waals surface area contributed by atoms with Crippen molar-refractivity contribution in [3.05, 3.63) is 75.3 Å². The number of hydrogen-bond donors (Lipinski definition) is 1. The first-order valence-electron chi connectivity index (χ1n) is 10.7. The molecule has 1 amide bonds. The summed E-state index contributed by atoms with van der Waals surface area (Å²) in [5.41, 5.74) is 2.00. The molecule has 0 heterocycles. The minimum absolute atomic E-state index is 0. The zero-order valence-electron chi connectivity index (χ0n) is 19.7. The summed E-state index contributed by atoms with van der Waals surface area (Å²) in [5, 5.41) is 14.2. The van der Waals surface area contributed by atoms with E-state index < -0.39 is 17.9 Å².